The van der Waals surface area contributed by atoms with Gasteiger partial charge in [0.15, 0.2) is 17.7 Å². The van der Waals surface area contributed by atoms with Crippen molar-refractivity contribution >= 4 is 30.7 Å². The number of anilines is 1. The topological polar surface area (TPSA) is 182 Å². The lowest BCUT2D eigenvalue weighted by molar-refractivity contribution is -0.209. The van der Waals surface area contributed by atoms with Crippen LogP contribution < -0.4 is 15.3 Å². The van der Waals surface area contributed by atoms with Crippen molar-refractivity contribution < 1.29 is 37.7 Å². The first kappa shape index (κ1) is 27.4. The van der Waals surface area contributed by atoms with Crippen molar-refractivity contribution in [1.29, 1.82) is 0 Å². The summed E-state index contributed by atoms with van der Waals surface area (Å²) < 4.78 is 44.6. The van der Waals surface area contributed by atoms with Crippen LogP contribution in [0.3, 0.4) is 0 Å². The van der Waals surface area contributed by atoms with Crippen LogP contribution in [0.15, 0.2) is 43.0 Å². The number of carbonyl (C=O) groups excluding carboxylic acids is 1. The number of aromatic nitrogens is 4. The molecule has 2 bridgehead atoms. The Morgan fingerprint density at radius 2 is 2.03 bits per heavy atom. The van der Waals surface area contributed by atoms with Gasteiger partial charge in [0, 0.05) is 0 Å². The van der Waals surface area contributed by atoms with E-state index in [4.69, 9.17) is 29.0 Å². The number of para-hydroxylation sites is 1. The number of hydrogen-bond acceptors (Lipinski definition) is 12. The molecule has 3 aromatic rings. The van der Waals surface area contributed by atoms with Crippen LogP contribution in [-0.4, -0.2) is 73.3 Å². The van der Waals surface area contributed by atoms with Crippen LogP contribution in [-0.2, 0) is 28.1 Å². The largest absolute Gasteiger partial charge is 0.462 e. The predicted molar refractivity (Wildman–Crippen MR) is 137 cm³/mol. The second-order valence-electron chi connectivity index (χ2n) is 10.0. The molecule has 39 heavy (non-hydrogen) atoms. The van der Waals surface area contributed by atoms with Gasteiger partial charge in [0.05, 0.1) is 25.6 Å². The summed E-state index contributed by atoms with van der Waals surface area (Å²) in [4.78, 5) is 24.9. The van der Waals surface area contributed by atoms with E-state index in [0.29, 0.717) is 11.2 Å². The molecule has 6 atom stereocenters. The van der Waals surface area contributed by atoms with Gasteiger partial charge < -0.3 is 29.6 Å². The third kappa shape index (κ3) is 4.99. The summed E-state index contributed by atoms with van der Waals surface area (Å²) in [5.41, 5.74) is 4.05. The van der Waals surface area contributed by atoms with Crippen LogP contribution >= 0.6 is 7.75 Å². The van der Waals surface area contributed by atoms with Gasteiger partial charge >= 0.3 is 13.7 Å². The fraction of sp³-hybridized carbons (Fsp3) is 0.500. The molecule has 0 unspecified atom stereocenters. The van der Waals surface area contributed by atoms with Crippen LogP contribution in [0.5, 0.6) is 5.75 Å². The van der Waals surface area contributed by atoms with E-state index in [1.54, 1.807) is 55.7 Å². The Balaban J connectivity index is 1.39. The highest BCUT2D eigenvalue weighted by Crippen LogP contribution is 2.55. The molecule has 4 N–H and O–H groups in total. The minimum Gasteiger partial charge on any atom is -0.462 e. The quantitative estimate of drug-likeness (QED) is 0.241. The van der Waals surface area contributed by atoms with E-state index < -0.39 is 49.9 Å². The summed E-state index contributed by atoms with van der Waals surface area (Å²) in [5.74, 6) is -0.191. The molecule has 2 aliphatic heterocycles. The van der Waals surface area contributed by atoms with E-state index in [9.17, 15) is 14.5 Å². The molecule has 5 rings (SSSR count). The average Bonchev–Trinajstić information content (AvgIpc) is 3.49. The van der Waals surface area contributed by atoms with Gasteiger partial charge in [-0.25, -0.2) is 19.5 Å². The number of esters is 1. The molecule has 0 amide bonds. The zero-order valence-electron chi connectivity index (χ0n) is 21.9. The van der Waals surface area contributed by atoms with Crippen molar-refractivity contribution in [3.8, 4) is 5.75 Å². The maximum atomic E-state index is 13.9. The normalized spacial score (nSPS) is 28.5. The Hall–Kier alpha value is -3.13. The molecule has 0 spiro atoms. The van der Waals surface area contributed by atoms with E-state index in [0.717, 1.165) is 0 Å². The number of imidazole rings is 1. The highest BCUT2D eigenvalue weighted by atomic mass is 31.2. The van der Waals surface area contributed by atoms with Gasteiger partial charge in [-0.3, -0.25) is 13.9 Å². The number of nitrogens with two attached hydrogens (primary N) is 1. The van der Waals surface area contributed by atoms with E-state index in [-0.39, 0.29) is 24.3 Å². The van der Waals surface area contributed by atoms with Crippen molar-refractivity contribution in [3.63, 3.8) is 0 Å². The van der Waals surface area contributed by atoms with Crippen LogP contribution in [0, 0.1) is 0 Å². The van der Waals surface area contributed by atoms with Crippen LogP contribution in [0.4, 0.5) is 5.82 Å². The highest BCUT2D eigenvalue weighted by molar-refractivity contribution is 7.52. The number of nitrogens with one attached hydrogen (secondary N) is 1. The third-order valence-electron chi connectivity index (χ3n) is 6.65. The number of hydrogen-bond donors (Lipinski definition) is 3. The first-order valence-corrected chi connectivity index (χ1v) is 13.9. The Bertz CT molecular complexity index is 1410. The highest BCUT2D eigenvalue weighted by Gasteiger charge is 2.69. The van der Waals surface area contributed by atoms with Crippen molar-refractivity contribution in [1.82, 2.24) is 24.6 Å². The third-order valence-corrected chi connectivity index (χ3v) is 8.27. The number of nitrogen functional groups attached to an aromatic ring is 1. The number of aliphatic hydroxyl groups is 1. The standard InChI is InChI=1S/C24H31N6O8P/c1-14(2)36-20(31)15(3)29-39(33,38-16-8-6-5-7-9-16)35-11-24-10-34-23(4,21(24)32)22(37-24)30-13-28-17-18(25)26-12-27-19(17)30/h5-9,12-15,21-22,32H,10-11H2,1-4H3,(H,29,33)(H2,25,26,27)/t15-,21+,22-,23-,24-,39-/m1/s1. The van der Waals surface area contributed by atoms with Crippen LogP contribution in [0.1, 0.15) is 33.9 Å². The Morgan fingerprint density at radius 1 is 1.28 bits per heavy atom. The van der Waals surface area contributed by atoms with Crippen molar-refractivity contribution in [3.05, 3.63) is 43.0 Å². The van der Waals surface area contributed by atoms with Crippen molar-refractivity contribution in [2.45, 2.75) is 63.4 Å². The smallest absolute Gasteiger partial charge is 0.459 e. The second kappa shape index (κ2) is 10.1. The SMILES string of the molecule is CC(C)OC(=O)[C@@H](C)N[P@@](=O)(OC[C@]12CO[C@](C)([C@@H]1O)[C@H](n1cnc3c(N)ncnc31)O2)Oc1ccccc1. The molecule has 2 aliphatic rings. The molecule has 1 aromatic carbocycles. The maximum absolute atomic E-state index is 13.9. The van der Waals surface area contributed by atoms with E-state index >= 15 is 0 Å². The lowest BCUT2D eigenvalue weighted by Crippen LogP contribution is -2.46. The van der Waals surface area contributed by atoms with Gasteiger partial charge in [0.2, 0.25) is 0 Å². The number of ether oxygens (including phenoxy) is 3. The Kier molecular flexibility index (Phi) is 7.12. The van der Waals surface area contributed by atoms with Gasteiger partial charge in [-0.15, -0.1) is 0 Å². The molecular weight excluding hydrogens is 531 g/mol. The Labute approximate surface area is 224 Å². The van der Waals surface area contributed by atoms with Gasteiger partial charge in [0.25, 0.3) is 0 Å². The zero-order valence-corrected chi connectivity index (χ0v) is 22.8. The summed E-state index contributed by atoms with van der Waals surface area (Å²) in [6.45, 7) is 6.13. The molecular formula is C24H31N6O8P. The second-order valence-corrected chi connectivity index (χ2v) is 11.7. The summed E-state index contributed by atoms with van der Waals surface area (Å²) in [6.07, 6.45) is 0.342. The molecule has 2 fully saturated rings. The van der Waals surface area contributed by atoms with E-state index in [2.05, 4.69) is 20.0 Å². The molecule has 14 nitrogen and oxygen atoms in total. The van der Waals surface area contributed by atoms with Gasteiger partial charge in [-0.05, 0) is 39.8 Å². The molecule has 0 aliphatic carbocycles. The molecule has 15 heteroatoms. The average molecular weight is 563 g/mol. The number of benzene rings is 1. The van der Waals surface area contributed by atoms with Crippen LogP contribution in [0.25, 0.3) is 11.2 Å². The maximum Gasteiger partial charge on any atom is 0.459 e. The number of carbonyl (C=O) groups is 1. The summed E-state index contributed by atoms with van der Waals surface area (Å²) in [5, 5.41) is 14.0. The van der Waals surface area contributed by atoms with Crippen molar-refractivity contribution in [2.75, 3.05) is 18.9 Å². The first-order chi connectivity index (χ1) is 18.5. The number of fused-ring (bicyclic) bond motifs is 3. The predicted octanol–water partition coefficient (Wildman–Crippen LogP) is 1.96. The van der Waals surface area contributed by atoms with Crippen molar-refractivity contribution in [2.24, 2.45) is 0 Å². The van der Waals surface area contributed by atoms with Gasteiger partial charge in [-0.1, -0.05) is 18.2 Å². The van der Waals surface area contributed by atoms with Crippen LogP contribution in [0.2, 0.25) is 0 Å². The molecule has 210 valence electrons. The minimum absolute atomic E-state index is 0.0544. The summed E-state index contributed by atoms with van der Waals surface area (Å²) in [6, 6.07) is 7.32. The fourth-order valence-corrected chi connectivity index (χ4v) is 6.21. The Morgan fingerprint density at radius 3 is 2.74 bits per heavy atom. The molecule has 0 saturated carbocycles. The monoisotopic (exact) mass is 562 g/mol. The molecule has 2 aromatic heterocycles. The molecule has 0 radical (unpaired) electrons. The minimum atomic E-state index is -4.21. The zero-order chi connectivity index (χ0) is 28.0. The van der Waals surface area contributed by atoms with Gasteiger partial charge in [-0.2, -0.15) is 5.09 Å². The number of aliphatic hydroxyl groups excluding tert-OH is 1. The lowest BCUT2D eigenvalue weighted by atomic mass is 9.92. The summed E-state index contributed by atoms with van der Waals surface area (Å²) >= 11 is 0. The number of rotatable bonds is 10. The fourth-order valence-electron chi connectivity index (χ4n) is 4.66. The molecule has 4 heterocycles. The lowest BCUT2D eigenvalue weighted by Gasteiger charge is -2.34. The summed E-state index contributed by atoms with van der Waals surface area (Å²) in [7, 11) is -4.21. The van der Waals surface area contributed by atoms with E-state index in [1.807, 2.05) is 0 Å². The van der Waals surface area contributed by atoms with Gasteiger partial charge in [0.1, 0.15) is 40.9 Å². The first-order valence-electron chi connectivity index (χ1n) is 12.4. The number of nitrogens with zero attached hydrogens (tertiary/aromatic N) is 4. The molecule has 2 saturated heterocycles. The van der Waals surface area contributed by atoms with E-state index in [1.165, 1.54) is 19.6 Å².